The summed E-state index contributed by atoms with van der Waals surface area (Å²) in [6.45, 7) is 13.1. The Kier molecular flexibility index (Phi) is 5.16. The summed E-state index contributed by atoms with van der Waals surface area (Å²) in [6, 6.07) is 6.96. The molecule has 1 aromatic heterocycles. The number of benzene rings is 1. The third-order valence-electron chi connectivity index (χ3n) is 10.7. The number of H-pyrrole nitrogens is 1. The molecule has 36 heavy (non-hydrogen) atoms. The number of aromatic nitrogens is 1. The standard InChI is InChI=1S/C32H41NO3/c1-19(2)8-9-20-10-13-26-22(16-20)23-17-21-11-12-24-25-18-27(34)29(3,4)36-32(25,35-7)15-14-30(24,5)31(21,6)28(23)33-26/h8,10,13,16,18,21,24,33H,9,11-12,14-15,17H2,1-7H3/t21?,24?,30-,31+,32-/m0/s1. The quantitative estimate of drug-likeness (QED) is 0.476. The minimum absolute atomic E-state index is 0.0150. The lowest BCUT2D eigenvalue weighted by Gasteiger charge is -2.63. The number of nitrogens with one attached hydrogen (secondary N) is 1. The van der Waals surface area contributed by atoms with Gasteiger partial charge in [-0.2, -0.15) is 0 Å². The van der Waals surface area contributed by atoms with Gasteiger partial charge in [-0.1, -0.05) is 31.6 Å². The van der Waals surface area contributed by atoms with Crippen LogP contribution < -0.4 is 0 Å². The van der Waals surface area contributed by atoms with Gasteiger partial charge in [-0.25, -0.2) is 0 Å². The topological polar surface area (TPSA) is 51.3 Å². The Balaban J connectivity index is 1.46. The maximum Gasteiger partial charge on any atom is 0.192 e. The highest BCUT2D eigenvalue weighted by molar-refractivity contribution is 5.98. The van der Waals surface area contributed by atoms with Crippen LogP contribution in [0.5, 0.6) is 0 Å². The lowest BCUT2D eigenvalue weighted by molar-refractivity contribution is -0.273. The van der Waals surface area contributed by atoms with Crippen LogP contribution >= 0.6 is 0 Å². The summed E-state index contributed by atoms with van der Waals surface area (Å²) in [7, 11) is 1.74. The highest BCUT2D eigenvalue weighted by Crippen LogP contribution is 2.69. The third-order valence-corrected chi connectivity index (χ3v) is 10.7. The number of aromatic amines is 1. The van der Waals surface area contributed by atoms with E-state index in [-0.39, 0.29) is 22.5 Å². The van der Waals surface area contributed by atoms with E-state index in [0.29, 0.717) is 5.92 Å². The fourth-order valence-electron chi connectivity index (χ4n) is 8.37. The second-order valence-corrected chi connectivity index (χ2v) is 13.0. The predicted octanol–water partition coefficient (Wildman–Crippen LogP) is 6.96. The number of rotatable bonds is 3. The number of hydrogen-bond acceptors (Lipinski definition) is 3. The molecule has 6 rings (SSSR count). The molecule has 3 aliphatic carbocycles. The second kappa shape index (κ2) is 7.68. The summed E-state index contributed by atoms with van der Waals surface area (Å²) < 4.78 is 12.6. The van der Waals surface area contributed by atoms with Crippen molar-refractivity contribution in [2.24, 2.45) is 17.3 Å². The van der Waals surface area contributed by atoms with Crippen molar-refractivity contribution >= 4 is 16.7 Å². The van der Waals surface area contributed by atoms with Crippen LogP contribution in [0.4, 0.5) is 0 Å². The Morgan fingerprint density at radius 1 is 1.17 bits per heavy atom. The lowest BCUT2D eigenvalue weighted by Crippen LogP contribution is -2.63. The highest BCUT2D eigenvalue weighted by Gasteiger charge is 2.67. The maximum absolute atomic E-state index is 13.1. The first kappa shape index (κ1) is 24.2. The van der Waals surface area contributed by atoms with E-state index >= 15 is 0 Å². The van der Waals surface area contributed by atoms with Crippen LogP contribution in [-0.2, 0) is 32.5 Å². The van der Waals surface area contributed by atoms with Gasteiger partial charge >= 0.3 is 0 Å². The van der Waals surface area contributed by atoms with Crippen molar-refractivity contribution < 1.29 is 14.3 Å². The van der Waals surface area contributed by atoms with E-state index in [4.69, 9.17) is 9.47 Å². The molecule has 1 N–H and O–H groups in total. The van der Waals surface area contributed by atoms with Crippen molar-refractivity contribution in [3.8, 4) is 0 Å². The van der Waals surface area contributed by atoms with Crippen molar-refractivity contribution in [3.05, 3.63) is 58.3 Å². The minimum Gasteiger partial charge on any atom is -0.358 e. The molecule has 4 aliphatic rings. The summed E-state index contributed by atoms with van der Waals surface area (Å²) in [5.74, 6) is 0.145. The fourth-order valence-corrected chi connectivity index (χ4v) is 8.37. The van der Waals surface area contributed by atoms with Crippen LogP contribution in [0, 0.1) is 17.3 Å². The Morgan fingerprint density at radius 3 is 2.67 bits per heavy atom. The Labute approximate surface area is 215 Å². The van der Waals surface area contributed by atoms with Gasteiger partial charge in [0.2, 0.25) is 0 Å². The van der Waals surface area contributed by atoms with Crippen LogP contribution in [0.1, 0.15) is 84.0 Å². The maximum atomic E-state index is 13.1. The van der Waals surface area contributed by atoms with Gasteiger partial charge in [0, 0.05) is 35.5 Å². The molecule has 2 heterocycles. The van der Waals surface area contributed by atoms with E-state index in [1.54, 1.807) is 7.11 Å². The molecule has 4 heteroatoms. The molecule has 1 aromatic carbocycles. The first-order valence-corrected chi connectivity index (χ1v) is 13.7. The number of carbonyl (C=O) groups excluding carboxylic acids is 1. The van der Waals surface area contributed by atoms with Gasteiger partial charge in [0.25, 0.3) is 0 Å². The van der Waals surface area contributed by atoms with Gasteiger partial charge in [-0.3, -0.25) is 4.79 Å². The second-order valence-electron chi connectivity index (χ2n) is 13.0. The molecular formula is C32H41NO3. The molecule has 0 saturated heterocycles. The van der Waals surface area contributed by atoms with E-state index in [2.05, 4.69) is 57.0 Å². The van der Waals surface area contributed by atoms with E-state index in [9.17, 15) is 4.79 Å². The van der Waals surface area contributed by atoms with Crippen molar-refractivity contribution in [1.82, 2.24) is 4.98 Å². The molecule has 0 amide bonds. The first-order valence-electron chi connectivity index (χ1n) is 13.7. The number of hydrogen-bond donors (Lipinski definition) is 1. The van der Waals surface area contributed by atoms with Crippen LogP contribution in [0.3, 0.4) is 0 Å². The molecule has 4 nitrogen and oxygen atoms in total. The Bertz CT molecular complexity index is 1320. The predicted molar refractivity (Wildman–Crippen MR) is 144 cm³/mol. The monoisotopic (exact) mass is 487 g/mol. The van der Waals surface area contributed by atoms with Gasteiger partial charge in [-0.05, 0) is 112 Å². The average molecular weight is 488 g/mol. The normalized spacial score (nSPS) is 36.5. The van der Waals surface area contributed by atoms with Crippen LogP contribution in [-0.4, -0.2) is 29.3 Å². The van der Waals surface area contributed by atoms with E-state index < -0.39 is 11.4 Å². The van der Waals surface area contributed by atoms with Crippen molar-refractivity contribution in [3.63, 3.8) is 0 Å². The fraction of sp³-hybridized carbons (Fsp3) is 0.594. The van der Waals surface area contributed by atoms with E-state index in [1.807, 2.05) is 19.9 Å². The highest BCUT2D eigenvalue weighted by atomic mass is 16.7. The molecule has 0 bridgehead atoms. The zero-order valence-corrected chi connectivity index (χ0v) is 23.0. The van der Waals surface area contributed by atoms with Crippen LogP contribution in [0.25, 0.3) is 10.9 Å². The molecular weight excluding hydrogens is 446 g/mol. The molecule has 2 fully saturated rings. The van der Waals surface area contributed by atoms with E-state index in [0.717, 1.165) is 44.1 Å². The minimum atomic E-state index is -0.852. The molecule has 2 saturated carbocycles. The summed E-state index contributed by atoms with van der Waals surface area (Å²) in [4.78, 5) is 17.0. The summed E-state index contributed by atoms with van der Waals surface area (Å²) >= 11 is 0. The molecule has 0 spiro atoms. The lowest BCUT2D eigenvalue weighted by atomic mass is 9.44. The summed E-state index contributed by atoms with van der Waals surface area (Å²) in [5.41, 5.74) is 7.21. The number of ketones is 1. The zero-order chi connectivity index (χ0) is 25.7. The van der Waals surface area contributed by atoms with Crippen molar-refractivity contribution in [2.45, 2.75) is 96.9 Å². The molecule has 2 unspecified atom stereocenters. The molecule has 0 radical (unpaired) electrons. The van der Waals surface area contributed by atoms with Crippen molar-refractivity contribution in [1.29, 1.82) is 0 Å². The number of allylic oxidation sites excluding steroid dienone is 2. The molecule has 192 valence electrons. The average Bonchev–Trinajstić information content (AvgIpc) is 3.33. The number of fused-ring (bicyclic) bond motifs is 9. The van der Waals surface area contributed by atoms with Crippen LogP contribution in [0.15, 0.2) is 41.5 Å². The third kappa shape index (κ3) is 3.04. The number of methoxy groups -OCH3 is 1. The van der Waals surface area contributed by atoms with Gasteiger partial charge in [0.15, 0.2) is 11.6 Å². The summed E-state index contributed by atoms with van der Waals surface area (Å²) in [5, 5.41) is 1.40. The van der Waals surface area contributed by atoms with Gasteiger partial charge in [-0.15, -0.1) is 0 Å². The molecule has 1 aliphatic heterocycles. The smallest absolute Gasteiger partial charge is 0.192 e. The van der Waals surface area contributed by atoms with Gasteiger partial charge < -0.3 is 14.5 Å². The van der Waals surface area contributed by atoms with Gasteiger partial charge in [0.05, 0.1) is 0 Å². The SMILES string of the molecule is CO[C@]12CC[C@@]3(C)C(CCC4Cc5c([nH]c6ccc(CC=C(C)C)cc56)[C@@]43C)C1=CC(=O)C(C)(C)O2. The number of carbonyl (C=O) groups is 1. The molecule has 2 aromatic rings. The number of ether oxygens (including phenoxy) is 2. The Morgan fingerprint density at radius 2 is 1.94 bits per heavy atom. The molecule has 5 atom stereocenters. The van der Waals surface area contributed by atoms with E-state index in [1.165, 1.54) is 33.3 Å². The van der Waals surface area contributed by atoms with Crippen LogP contribution in [0.2, 0.25) is 0 Å². The largest absolute Gasteiger partial charge is 0.358 e. The van der Waals surface area contributed by atoms with Crippen molar-refractivity contribution in [2.75, 3.05) is 7.11 Å². The first-order chi connectivity index (χ1) is 16.9. The summed E-state index contributed by atoms with van der Waals surface area (Å²) in [6.07, 6.45) is 10.4. The van der Waals surface area contributed by atoms with Gasteiger partial charge in [0.1, 0.15) is 5.60 Å². The zero-order valence-electron chi connectivity index (χ0n) is 23.0. The Hall–Kier alpha value is -2.17.